The molecule has 26 heavy (non-hydrogen) atoms. The van der Waals surface area contributed by atoms with Crippen LogP contribution in [-0.4, -0.2) is 29.2 Å². The van der Waals surface area contributed by atoms with Gasteiger partial charge in [0.1, 0.15) is 5.03 Å². The van der Waals surface area contributed by atoms with E-state index >= 15 is 0 Å². The lowest BCUT2D eigenvalue weighted by molar-refractivity contribution is -0.130. The molecule has 6 heteroatoms. The number of hydrogen-bond donors (Lipinski definition) is 1. The lowest BCUT2D eigenvalue weighted by atomic mass is 9.87. The molecular weight excluding hydrogens is 348 g/mol. The summed E-state index contributed by atoms with van der Waals surface area (Å²) in [6, 6.07) is 11.5. The number of thioether (sulfide) groups is 1. The van der Waals surface area contributed by atoms with Crippen LogP contribution in [0.15, 0.2) is 47.6 Å². The zero-order valence-electron chi connectivity index (χ0n) is 14.9. The predicted octanol–water partition coefficient (Wildman–Crippen LogP) is 3.54. The van der Waals surface area contributed by atoms with Crippen LogP contribution in [0.5, 0.6) is 0 Å². The Morgan fingerprint density at radius 3 is 2.88 bits per heavy atom. The molecule has 0 spiro atoms. The summed E-state index contributed by atoms with van der Waals surface area (Å²) in [7, 11) is 0. The molecule has 0 radical (unpaired) electrons. The number of carbonyl (C=O) groups excluding carboxylic acids is 2. The van der Waals surface area contributed by atoms with E-state index in [1.807, 2.05) is 18.4 Å². The summed E-state index contributed by atoms with van der Waals surface area (Å²) in [4.78, 5) is 29.1. The van der Waals surface area contributed by atoms with E-state index in [0.29, 0.717) is 10.6 Å². The minimum atomic E-state index is -0.869. The molecule has 1 N–H and O–H groups in total. The molecule has 1 aliphatic carbocycles. The average Bonchev–Trinajstić information content (AvgIpc) is 2.68. The monoisotopic (exact) mass is 370 g/mol. The van der Waals surface area contributed by atoms with Gasteiger partial charge in [-0.25, -0.2) is 9.78 Å². The Labute approximate surface area is 157 Å². The number of rotatable bonds is 5. The molecule has 1 aromatic carbocycles. The fraction of sp³-hybridized carbons (Fsp3) is 0.350. The number of nitrogens with one attached hydrogen (secondary N) is 1. The molecule has 0 fully saturated rings. The first-order valence-electron chi connectivity index (χ1n) is 8.68. The normalized spacial score (nSPS) is 17.1. The molecule has 5 nitrogen and oxygen atoms in total. The maximum atomic E-state index is 12.5. The van der Waals surface area contributed by atoms with E-state index < -0.39 is 12.1 Å². The van der Waals surface area contributed by atoms with Crippen LogP contribution in [0, 0.1) is 0 Å². The van der Waals surface area contributed by atoms with E-state index in [4.69, 9.17) is 4.74 Å². The van der Waals surface area contributed by atoms with Crippen LogP contribution in [0.25, 0.3) is 0 Å². The van der Waals surface area contributed by atoms with Crippen LogP contribution in [0.4, 0.5) is 0 Å². The molecule has 0 aliphatic heterocycles. The van der Waals surface area contributed by atoms with Gasteiger partial charge in [0.2, 0.25) is 0 Å². The van der Waals surface area contributed by atoms with Gasteiger partial charge in [-0.15, -0.1) is 11.8 Å². The largest absolute Gasteiger partial charge is 0.449 e. The molecule has 3 rings (SSSR count). The SMILES string of the molecule is CSc1ncccc1C(=O)O[C@@H](C)C(=O)N[C@@H]1CCCc2ccccc21. The van der Waals surface area contributed by atoms with Crippen molar-refractivity contribution in [3.63, 3.8) is 0 Å². The molecule has 2 aromatic rings. The Kier molecular flexibility index (Phi) is 5.93. The summed E-state index contributed by atoms with van der Waals surface area (Å²) in [6.45, 7) is 1.59. The van der Waals surface area contributed by atoms with Crippen LogP contribution in [-0.2, 0) is 16.0 Å². The first-order valence-corrected chi connectivity index (χ1v) is 9.90. The lowest BCUT2D eigenvalue weighted by Gasteiger charge is -2.27. The van der Waals surface area contributed by atoms with Gasteiger partial charge in [-0.3, -0.25) is 4.79 Å². The lowest BCUT2D eigenvalue weighted by Crippen LogP contribution is -2.39. The van der Waals surface area contributed by atoms with Crippen LogP contribution in [0.2, 0.25) is 0 Å². The fourth-order valence-corrected chi connectivity index (χ4v) is 3.72. The molecule has 1 amide bonds. The van der Waals surface area contributed by atoms with E-state index in [0.717, 1.165) is 24.8 Å². The second kappa shape index (κ2) is 8.36. The van der Waals surface area contributed by atoms with E-state index in [-0.39, 0.29) is 11.9 Å². The van der Waals surface area contributed by atoms with Gasteiger partial charge in [-0.2, -0.15) is 0 Å². The Morgan fingerprint density at radius 1 is 1.27 bits per heavy atom. The van der Waals surface area contributed by atoms with E-state index in [2.05, 4.69) is 22.4 Å². The minimum Gasteiger partial charge on any atom is -0.449 e. The van der Waals surface area contributed by atoms with Gasteiger partial charge in [-0.1, -0.05) is 24.3 Å². The summed E-state index contributed by atoms with van der Waals surface area (Å²) in [5.41, 5.74) is 2.80. The molecule has 0 unspecified atom stereocenters. The van der Waals surface area contributed by atoms with Crippen LogP contribution in [0.3, 0.4) is 0 Å². The quantitative estimate of drug-likeness (QED) is 0.644. The van der Waals surface area contributed by atoms with Gasteiger partial charge in [0.05, 0.1) is 11.6 Å². The van der Waals surface area contributed by atoms with Crippen molar-refractivity contribution in [3.05, 3.63) is 59.3 Å². The maximum Gasteiger partial charge on any atom is 0.341 e. The van der Waals surface area contributed by atoms with Gasteiger partial charge < -0.3 is 10.1 Å². The Morgan fingerprint density at radius 2 is 2.08 bits per heavy atom. The molecule has 136 valence electrons. The van der Waals surface area contributed by atoms with E-state index in [9.17, 15) is 9.59 Å². The summed E-state index contributed by atoms with van der Waals surface area (Å²) in [6.07, 6.45) is 5.55. The highest BCUT2D eigenvalue weighted by atomic mass is 32.2. The molecule has 2 atom stereocenters. The van der Waals surface area contributed by atoms with Crippen molar-refractivity contribution in [2.45, 2.75) is 43.4 Å². The third kappa shape index (κ3) is 4.07. The number of amides is 1. The summed E-state index contributed by atoms with van der Waals surface area (Å²) < 4.78 is 5.37. The number of ether oxygens (including phenoxy) is 1. The Bertz CT molecular complexity index is 809. The molecule has 0 saturated carbocycles. The zero-order valence-corrected chi connectivity index (χ0v) is 15.7. The second-order valence-electron chi connectivity index (χ2n) is 6.26. The Balaban J connectivity index is 1.65. The highest BCUT2D eigenvalue weighted by Gasteiger charge is 2.26. The highest BCUT2D eigenvalue weighted by molar-refractivity contribution is 7.98. The number of pyridine rings is 1. The van der Waals surface area contributed by atoms with Crippen molar-refractivity contribution in [1.29, 1.82) is 0 Å². The van der Waals surface area contributed by atoms with Crippen molar-refractivity contribution in [2.24, 2.45) is 0 Å². The van der Waals surface area contributed by atoms with Crippen molar-refractivity contribution < 1.29 is 14.3 Å². The average molecular weight is 370 g/mol. The smallest absolute Gasteiger partial charge is 0.341 e. The molecule has 1 aromatic heterocycles. The second-order valence-corrected chi connectivity index (χ2v) is 7.05. The molecule has 1 aliphatic rings. The molecule has 0 bridgehead atoms. The van der Waals surface area contributed by atoms with Crippen LogP contribution in [0.1, 0.15) is 47.3 Å². The molecule has 0 saturated heterocycles. The zero-order chi connectivity index (χ0) is 18.5. The van der Waals surface area contributed by atoms with Crippen molar-refractivity contribution in [2.75, 3.05) is 6.26 Å². The third-order valence-electron chi connectivity index (χ3n) is 4.52. The number of fused-ring (bicyclic) bond motifs is 1. The van der Waals surface area contributed by atoms with Gasteiger partial charge >= 0.3 is 5.97 Å². The molecular formula is C20H22N2O3S. The van der Waals surface area contributed by atoms with Crippen molar-refractivity contribution in [3.8, 4) is 0 Å². The molecule has 1 heterocycles. The highest BCUT2D eigenvalue weighted by Crippen LogP contribution is 2.29. The van der Waals surface area contributed by atoms with Gasteiger partial charge in [0.15, 0.2) is 6.10 Å². The third-order valence-corrected chi connectivity index (χ3v) is 5.24. The summed E-state index contributed by atoms with van der Waals surface area (Å²) in [5, 5.41) is 3.61. The topological polar surface area (TPSA) is 68.3 Å². The van der Waals surface area contributed by atoms with Crippen LogP contribution < -0.4 is 5.32 Å². The fourth-order valence-electron chi connectivity index (χ4n) is 3.18. The Hall–Kier alpha value is -2.34. The number of aryl methyl sites for hydroxylation is 1. The standard InChI is InChI=1S/C20H22N2O3S/c1-13(25-20(24)16-10-6-12-21-19(16)26-2)18(23)22-17-11-5-8-14-7-3-4-9-15(14)17/h3-4,6-7,9-10,12-13,17H,5,8,11H2,1-2H3,(H,22,23)/t13-,17+/m0/s1. The van der Waals surface area contributed by atoms with Gasteiger partial charge in [0.25, 0.3) is 5.91 Å². The number of esters is 1. The number of benzene rings is 1. The van der Waals surface area contributed by atoms with Crippen molar-refractivity contribution >= 4 is 23.6 Å². The van der Waals surface area contributed by atoms with Gasteiger partial charge in [0, 0.05) is 6.20 Å². The first kappa shape index (κ1) is 18.5. The maximum absolute atomic E-state index is 12.5. The summed E-state index contributed by atoms with van der Waals surface area (Å²) >= 11 is 1.37. The van der Waals surface area contributed by atoms with Crippen molar-refractivity contribution in [1.82, 2.24) is 10.3 Å². The number of carbonyl (C=O) groups is 2. The summed E-state index contributed by atoms with van der Waals surface area (Å²) in [5.74, 6) is -0.816. The minimum absolute atomic E-state index is 0.0336. The van der Waals surface area contributed by atoms with Crippen LogP contribution >= 0.6 is 11.8 Å². The van der Waals surface area contributed by atoms with E-state index in [1.54, 1.807) is 25.3 Å². The predicted molar refractivity (Wildman–Crippen MR) is 101 cm³/mol. The number of nitrogens with zero attached hydrogens (tertiary/aromatic N) is 1. The number of hydrogen-bond acceptors (Lipinski definition) is 5. The first-order chi connectivity index (χ1) is 12.6. The van der Waals surface area contributed by atoms with Gasteiger partial charge in [-0.05, 0) is 55.7 Å². The number of aromatic nitrogens is 1. The van der Waals surface area contributed by atoms with E-state index in [1.165, 1.54) is 17.3 Å².